The molecule has 21 heavy (non-hydrogen) atoms. The van der Waals surface area contributed by atoms with Crippen LogP contribution in [0.25, 0.3) is 11.5 Å². The molecule has 0 amide bonds. The van der Waals surface area contributed by atoms with Crippen LogP contribution in [0.5, 0.6) is 5.75 Å². The summed E-state index contributed by atoms with van der Waals surface area (Å²) in [6.45, 7) is 0. The van der Waals surface area contributed by atoms with E-state index in [4.69, 9.17) is 10.3 Å². The van der Waals surface area contributed by atoms with Crippen molar-refractivity contribution in [3.63, 3.8) is 0 Å². The minimum Gasteiger partial charge on any atom is -0.508 e. The molecule has 0 aliphatic heterocycles. The highest BCUT2D eigenvalue weighted by molar-refractivity contribution is 5.47. The van der Waals surface area contributed by atoms with Gasteiger partial charge in [-0.2, -0.15) is 4.98 Å². The number of imidazole rings is 1. The van der Waals surface area contributed by atoms with Gasteiger partial charge in [0.15, 0.2) is 0 Å². The van der Waals surface area contributed by atoms with Gasteiger partial charge >= 0.3 is 0 Å². The largest absolute Gasteiger partial charge is 0.508 e. The second-order valence-electron chi connectivity index (χ2n) is 4.82. The molecule has 2 aromatic heterocycles. The maximum Gasteiger partial charge on any atom is 0.244 e. The Morgan fingerprint density at radius 1 is 1.33 bits per heavy atom. The van der Waals surface area contributed by atoms with Gasteiger partial charge in [0.05, 0.1) is 18.6 Å². The molecule has 7 heteroatoms. The molecule has 0 unspecified atom stereocenters. The molecule has 1 aromatic carbocycles. The van der Waals surface area contributed by atoms with E-state index in [0.29, 0.717) is 18.1 Å². The molecule has 0 aliphatic carbocycles. The summed E-state index contributed by atoms with van der Waals surface area (Å²) >= 11 is 0. The van der Waals surface area contributed by atoms with Gasteiger partial charge in [0.25, 0.3) is 0 Å². The van der Waals surface area contributed by atoms with Gasteiger partial charge in [-0.15, -0.1) is 0 Å². The summed E-state index contributed by atoms with van der Waals surface area (Å²) < 4.78 is 7.03. The molecule has 0 saturated carbocycles. The van der Waals surface area contributed by atoms with Crippen molar-refractivity contribution in [2.45, 2.75) is 12.5 Å². The molecule has 108 valence electrons. The van der Waals surface area contributed by atoms with Crippen LogP contribution in [0.15, 0.2) is 41.3 Å². The van der Waals surface area contributed by atoms with Gasteiger partial charge in [0, 0.05) is 7.05 Å². The van der Waals surface area contributed by atoms with Gasteiger partial charge in [-0.25, -0.2) is 4.98 Å². The minimum atomic E-state index is -0.399. The van der Waals surface area contributed by atoms with E-state index in [1.54, 1.807) is 29.2 Å². The zero-order valence-electron chi connectivity index (χ0n) is 11.5. The zero-order valence-corrected chi connectivity index (χ0v) is 11.5. The van der Waals surface area contributed by atoms with Gasteiger partial charge in [0.2, 0.25) is 11.7 Å². The summed E-state index contributed by atoms with van der Waals surface area (Å²) in [7, 11) is 1.86. The Bertz CT molecular complexity index is 732. The number of aryl methyl sites for hydroxylation is 1. The first kappa shape index (κ1) is 13.3. The third kappa shape index (κ3) is 2.77. The number of benzene rings is 1. The van der Waals surface area contributed by atoms with E-state index in [1.807, 2.05) is 19.2 Å². The molecular weight excluding hydrogens is 270 g/mol. The van der Waals surface area contributed by atoms with Crippen LogP contribution in [0.4, 0.5) is 0 Å². The fourth-order valence-electron chi connectivity index (χ4n) is 2.04. The van der Waals surface area contributed by atoms with Crippen molar-refractivity contribution < 1.29 is 9.63 Å². The Labute approximate surface area is 121 Å². The predicted octanol–water partition coefficient (Wildman–Crippen LogP) is 1.42. The van der Waals surface area contributed by atoms with Gasteiger partial charge in [-0.3, -0.25) is 0 Å². The van der Waals surface area contributed by atoms with Crippen molar-refractivity contribution in [3.05, 3.63) is 48.2 Å². The quantitative estimate of drug-likeness (QED) is 0.751. The third-order valence-corrected chi connectivity index (χ3v) is 3.20. The molecule has 1 atom stereocenters. The SMILES string of the molecule is Cn1cncc1-c1noc([C@H](N)Cc2ccc(O)cc2)n1. The number of nitrogens with zero attached hydrogens (tertiary/aromatic N) is 4. The van der Waals surface area contributed by atoms with E-state index in [2.05, 4.69) is 15.1 Å². The molecule has 3 rings (SSSR count). The van der Waals surface area contributed by atoms with E-state index in [9.17, 15) is 5.11 Å². The van der Waals surface area contributed by atoms with Gasteiger partial charge in [-0.1, -0.05) is 17.3 Å². The molecule has 2 heterocycles. The maximum atomic E-state index is 9.26. The Morgan fingerprint density at radius 3 is 2.76 bits per heavy atom. The average Bonchev–Trinajstić information content (AvgIpc) is 3.09. The van der Waals surface area contributed by atoms with Crippen LogP contribution in [0.2, 0.25) is 0 Å². The molecule has 0 aliphatic rings. The lowest BCUT2D eigenvalue weighted by molar-refractivity contribution is 0.354. The topological polar surface area (TPSA) is 103 Å². The first-order valence-corrected chi connectivity index (χ1v) is 6.47. The van der Waals surface area contributed by atoms with E-state index in [1.165, 1.54) is 0 Å². The summed E-state index contributed by atoms with van der Waals surface area (Å²) in [6, 6.07) is 6.47. The van der Waals surface area contributed by atoms with Gasteiger partial charge in [-0.05, 0) is 24.1 Å². The Kier molecular flexibility index (Phi) is 3.41. The summed E-state index contributed by atoms with van der Waals surface area (Å²) in [5.41, 5.74) is 7.84. The van der Waals surface area contributed by atoms with Gasteiger partial charge in [0.1, 0.15) is 11.4 Å². The molecule has 0 spiro atoms. The van der Waals surface area contributed by atoms with Crippen molar-refractivity contribution in [2.75, 3.05) is 0 Å². The smallest absolute Gasteiger partial charge is 0.244 e. The molecule has 3 N–H and O–H groups in total. The molecule has 0 fully saturated rings. The molecule has 0 radical (unpaired) electrons. The standard InChI is InChI=1S/C14H15N5O2/c1-19-8-16-7-12(19)13-17-14(21-18-13)11(15)6-9-2-4-10(20)5-3-9/h2-5,7-8,11,20H,6,15H2,1H3/t11-/m1/s1. The zero-order chi connectivity index (χ0) is 14.8. The van der Waals surface area contributed by atoms with Crippen LogP contribution in [0, 0.1) is 0 Å². The van der Waals surface area contributed by atoms with E-state index in [-0.39, 0.29) is 5.75 Å². The Hall–Kier alpha value is -2.67. The average molecular weight is 285 g/mol. The van der Waals surface area contributed by atoms with Crippen LogP contribution in [0.3, 0.4) is 0 Å². The van der Waals surface area contributed by atoms with Crippen LogP contribution in [-0.4, -0.2) is 24.8 Å². The summed E-state index contributed by atoms with van der Waals surface area (Å²) in [5.74, 6) is 1.06. The van der Waals surface area contributed by atoms with Crippen LogP contribution in [-0.2, 0) is 13.5 Å². The molecule has 0 saturated heterocycles. The van der Waals surface area contributed by atoms with Crippen molar-refractivity contribution in [1.29, 1.82) is 0 Å². The Balaban J connectivity index is 1.76. The maximum absolute atomic E-state index is 9.26. The lowest BCUT2D eigenvalue weighted by Crippen LogP contribution is -2.13. The fourth-order valence-corrected chi connectivity index (χ4v) is 2.04. The van der Waals surface area contributed by atoms with Gasteiger partial charge < -0.3 is 19.9 Å². The lowest BCUT2D eigenvalue weighted by atomic mass is 10.1. The first-order chi connectivity index (χ1) is 10.1. The highest BCUT2D eigenvalue weighted by Crippen LogP contribution is 2.20. The molecular formula is C14H15N5O2. The highest BCUT2D eigenvalue weighted by atomic mass is 16.5. The van der Waals surface area contributed by atoms with E-state index in [0.717, 1.165) is 11.3 Å². The lowest BCUT2D eigenvalue weighted by Gasteiger charge is -2.06. The number of hydrogen-bond acceptors (Lipinski definition) is 6. The number of aromatic nitrogens is 4. The van der Waals surface area contributed by atoms with Crippen LogP contribution >= 0.6 is 0 Å². The van der Waals surface area contributed by atoms with Crippen molar-refractivity contribution >= 4 is 0 Å². The fraction of sp³-hybridized carbons (Fsp3) is 0.214. The highest BCUT2D eigenvalue weighted by Gasteiger charge is 2.17. The monoisotopic (exact) mass is 285 g/mol. The number of aromatic hydroxyl groups is 1. The predicted molar refractivity (Wildman–Crippen MR) is 75.2 cm³/mol. The Morgan fingerprint density at radius 2 is 2.10 bits per heavy atom. The second-order valence-corrected chi connectivity index (χ2v) is 4.82. The summed E-state index contributed by atoms with van der Waals surface area (Å²) in [5, 5.41) is 13.2. The molecule has 0 bridgehead atoms. The van der Waals surface area contributed by atoms with Crippen molar-refractivity contribution in [1.82, 2.24) is 19.7 Å². The summed E-state index contributed by atoms with van der Waals surface area (Å²) in [6.07, 6.45) is 3.88. The van der Waals surface area contributed by atoms with Crippen molar-refractivity contribution in [2.24, 2.45) is 12.8 Å². The van der Waals surface area contributed by atoms with E-state index >= 15 is 0 Å². The number of phenolic OH excluding ortho intramolecular Hbond substituents is 1. The number of phenols is 1. The first-order valence-electron chi connectivity index (χ1n) is 6.47. The second kappa shape index (κ2) is 5.37. The summed E-state index contributed by atoms with van der Waals surface area (Å²) in [4.78, 5) is 8.33. The number of hydrogen-bond donors (Lipinski definition) is 2. The molecule has 3 aromatic rings. The number of rotatable bonds is 4. The van der Waals surface area contributed by atoms with E-state index < -0.39 is 6.04 Å². The molecule has 7 nitrogen and oxygen atoms in total. The van der Waals surface area contributed by atoms with Crippen molar-refractivity contribution in [3.8, 4) is 17.3 Å². The minimum absolute atomic E-state index is 0.226. The number of nitrogens with two attached hydrogens (primary N) is 1. The third-order valence-electron chi connectivity index (χ3n) is 3.20. The van der Waals surface area contributed by atoms with Crippen LogP contribution < -0.4 is 5.73 Å². The van der Waals surface area contributed by atoms with Crippen LogP contribution in [0.1, 0.15) is 17.5 Å². The normalized spacial score (nSPS) is 12.5.